The van der Waals surface area contributed by atoms with E-state index in [2.05, 4.69) is 5.32 Å². The second kappa shape index (κ2) is 11.5. The first-order valence-electron chi connectivity index (χ1n) is 10.6. The third-order valence-corrected chi connectivity index (χ3v) is 5.73. The molecule has 1 aromatic carbocycles. The van der Waals surface area contributed by atoms with Gasteiger partial charge in [0.2, 0.25) is 0 Å². The molecule has 1 heterocycles. The smallest absolute Gasteiger partial charge is 0.471 e. The Hall–Kier alpha value is -2.28. The number of hydrogen-bond donors (Lipinski definition) is 5. The highest BCUT2D eigenvalue weighted by Crippen LogP contribution is 2.24. The van der Waals surface area contributed by atoms with Crippen molar-refractivity contribution in [2.45, 2.75) is 50.5 Å². The molecule has 2 unspecified atom stereocenters. The lowest BCUT2D eigenvalue weighted by molar-refractivity contribution is -0.137. The topological polar surface area (TPSA) is 139 Å². The lowest BCUT2D eigenvalue weighted by Gasteiger charge is -2.45. The third-order valence-electron chi connectivity index (χ3n) is 5.73. The quantitative estimate of drug-likeness (QED) is 0.264. The number of anilines is 1. The Morgan fingerprint density at radius 2 is 1.84 bits per heavy atom. The average Bonchev–Trinajstić information content (AvgIpc) is 2.69. The number of nitrogens with two attached hydrogens (primary N) is 1. The van der Waals surface area contributed by atoms with Crippen LogP contribution in [0.3, 0.4) is 0 Å². The number of rotatable bonds is 10. The lowest BCUT2D eigenvalue weighted by Crippen LogP contribution is -2.67. The van der Waals surface area contributed by atoms with E-state index in [1.807, 2.05) is 4.90 Å². The van der Waals surface area contributed by atoms with Crippen molar-refractivity contribution in [3.05, 3.63) is 29.8 Å². The van der Waals surface area contributed by atoms with Crippen LogP contribution in [0, 0.1) is 11.6 Å². The minimum atomic E-state index is -1.70. The van der Waals surface area contributed by atoms with Gasteiger partial charge in [-0.2, -0.15) is 0 Å². The van der Waals surface area contributed by atoms with Crippen molar-refractivity contribution in [3.8, 4) is 0 Å². The Bertz CT molecular complexity index is 791. The maximum absolute atomic E-state index is 13.8. The predicted octanol–water partition coefficient (Wildman–Crippen LogP) is 1.25. The molecule has 1 aliphatic rings. The number of carbonyl (C=O) groups is 2. The second-order valence-electron chi connectivity index (χ2n) is 8.40. The molecule has 0 aliphatic carbocycles. The number of halogens is 2. The van der Waals surface area contributed by atoms with Gasteiger partial charge in [0.15, 0.2) is 0 Å². The van der Waals surface area contributed by atoms with Crippen LogP contribution in [-0.2, 0) is 4.79 Å². The molecule has 178 valence electrons. The normalized spacial score (nSPS) is 17.5. The van der Waals surface area contributed by atoms with Crippen molar-refractivity contribution in [3.63, 3.8) is 0 Å². The molecule has 6 N–H and O–H groups in total. The summed E-state index contributed by atoms with van der Waals surface area (Å²) in [4.78, 5) is 26.3. The monoisotopic (exact) mass is 456 g/mol. The second-order valence-corrected chi connectivity index (χ2v) is 8.40. The predicted molar refractivity (Wildman–Crippen MR) is 116 cm³/mol. The Kier molecular flexibility index (Phi) is 9.38. The van der Waals surface area contributed by atoms with Gasteiger partial charge in [-0.05, 0) is 31.9 Å². The fourth-order valence-electron chi connectivity index (χ4n) is 4.04. The molecule has 0 saturated carbocycles. The highest BCUT2D eigenvalue weighted by Gasteiger charge is 2.43. The van der Waals surface area contributed by atoms with Crippen LogP contribution in [0.15, 0.2) is 18.2 Å². The molecular formula is C20H31BF2N4O5. The number of hydrogen-bond acceptors (Lipinski definition) is 6. The molecule has 1 saturated heterocycles. The molecule has 2 rings (SSSR count). The first-order valence-corrected chi connectivity index (χ1v) is 10.6. The number of carboxylic acids is 1. The van der Waals surface area contributed by atoms with Gasteiger partial charge in [0.1, 0.15) is 11.6 Å². The fraction of sp³-hybridized carbons (Fsp3) is 0.600. The zero-order valence-corrected chi connectivity index (χ0v) is 18.1. The van der Waals surface area contributed by atoms with Crippen LogP contribution in [0.4, 0.5) is 19.3 Å². The molecule has 9 nitrogen and oxygen atoms in total. The van der Waals surface area contributed by atoms with E-state index >= 15 is 0 Å². The van der Waals surface area contributed by atoms with Gasteiger partial charge in [-0.3, -0.25) is 9.69 Å². The average molecular weight is 456 g/mol. The van der Waals surface area contributed by atoms with E-state index in [1.54, 1.807) is 6.92 Å². The zero-order chi connectivity index (χ0) is 23.9. The van der Waals surface area contributed by atoms with Crippen LogP contribution < -0.4 is 11.1 Å². The number of nitrogens with one attached hydrogen (secondary N) is 1. The van der Waals surface area contributed by atoms with Crippen molar-refractivity contribution in [1.29, 1.82) is 0 Å². The SMILES string of the molecule is CC(N)(CCCCCC(=O)O)C(B(O)O)N1CCN(C(=O)Nc2ccc(F)cc2F)CC1. The van der Waals surface area contributed by atoms with Gasteiger partial charge in [0.05, 0.1) is 11.6 Å². The summed E-state index contributed by atoms with van der Waals surface area (Å²) >= 11 is 0. The fourth-order valence-corrected chi connectivity index (χ4v) is 4.04. The number of nitrogens with zero attached hydrogens (tertiary/aromatic N) is 2. The largest absolute Gasteiger partial charge is 0.481 e. The Balaban J connectivity index is 1.90. The molecule has 0 bridgehead atoms. The highest BCUT2D eigenvalue weighted by atomic mass is 19.1. The number of benzene rings is 1. The molecule has 1 aromatic rings. The summed E-state index contributed by atoms with van der Waals surface area (Å²) in [7, 11) is -1.70. The Morgan fingerprint density at radius 3 is 2.41 bits per heavy atom. The summed E-state index contributed by atoms with van der Waals surface area (Å²) < 4.78 is 26.8. The van der Waals surface area contributed by atoms with Crippen molar-refractivity contribution in [2.75, 3.05) is 31.5 Å². The molecule has 32 heavy (non-hydrogen) atoms. The molecule has 1 fully saturated rings. The van der Waals surface area contributed by atoms with Crippen LogP contribution in [0.25, 0.3) is 0 Å². The summed E-state index contributed by atoms with van der Waals surface area (Å²) in [5.41, 5.74) is 5.35. The first kappa shape index (κ1) is 26.0. The Labute approximate surface area is 186 Å². The van der Waals surface area contributed by atoms with Gasteiger partial charge in [0.25, 0.3) is 0 Å². The van der Waals surface area contributed by atoms with Gasteiger partial charge < -0.3 is 31.1 Å². The van der Waals surface area contributed by atoms with E-state index in [4.69, 9.17) is 10.8 Å². The van der Waals surface area contributed by atoms with E-state index in [0.717, 1.165) is 12.1 Å². The van der Waals surface area contributed by atoms with Gasteiger partial charge in [-0.1, -0.05) is 12.8 Å². The zero-order valence-electron chi connectivity index (χ0n) is 18.1. The molecule has 2 amide bonds. The molecule has 12 heteroatoms. The minimum Gasteiger partial charge on any atom is -0.481 e. The van der Waals surface area contributed by atoms with E-state index in [1.165, 1.54) is 4.90 Å². The molecule has 0 spiro atoms. The van der Waals surface area contributed by atoms with Crippen molar-refractivity contribution in [2.24, 2.45) is 5.73 Å². The number of piperazine rings is 1. The molecular weight excluding hydrogens is 425 g/mol. The van der Waals surface area contributed by atoms with Crippen LogP contribution in [-0.4, -0.2) is 81.7 Å². The van der Waals surface area contributed by atoms with Gasteiger partial charge in [-0.15, -0.1) is 0 Å². The standard InChI is InChI=1S/C20H31BF2N4O5/c1-20(24,8-4-2-3-5-17(28)29)18(21(31)32)26-9-11-27(12-10-26)19(30)25-16-7-6-14(22)13-15(16)23/h6-7,13,18,31-32H,2-5,8-12,24H2,1H3,(H,25,30)(H,28,29). The molecule has 0 radical (unpaired) electrons. The third kappa shape index (κ3) is 7.40. The number of urea groups is 1. The number of amides is 2. The van der Waals surface area contributed by atoms with E-state index in [-0.39, 0.29) is 25.2 Å². The van der Waals surface area contributed by atoms with Crippen molar-refractivity contribution in [1.82, 2.24) is 9.80 Å². The number of carbonyl (C=O) groups excluding carboxylic acids is 1. The number of unbranched alkanes of at least 4 members (excludes halogenated alkanes) is 2. The van der Waals surface area contributed by atoms with Crippen molar-refractivity contribution < 1.29 is 33.5 Å². The summed E-state index contributed by atoms with van der Waals surface area (Å²) in [6.45, 7) is 2.89. The minimum absolute atomic E-state index is 0.0825. The molecule has 1 aliphatic heterocycles. The maximum atomic E-state index is 13.8. The first-order chi connectivity index (χ1) is 15.0. The number of aliphatic carboxylic acids is 1. The van der Waals surface area contributed by atoms with E-state index in [0.29, 0.717) is 44.8 Å². The van der Waals surface area contributed by atoms with E-state index < -0.39 is 42.2 Å². The molecule has 2 atom stereocenters. The lowest BCUT2D eigenvalue weighted by atomic mass is 9.65. The van der Waals surface area contributed by atoms with Crippen LogP contribution in [0.2, 0.25) is 0 Å². The summed E-state index contributed by atoms with van der Waals surface area (Å²) in [5, 5.41) is 31.1. The van der Waals surface area contributed by atoms with E-state index in [9.17, 15) is 28.4 Å². The van der Waals surface area contributed by atoms with Crippen LogP contribution >= 0.6 is 0 Å². The summed E-state index contributed by atoms with van der Waals surface area (Å²) in [5.74, 6) is -3.24. The van der Waals surface area contributed by atoms with Crippen LogP contribution in [0.1, 0.15) is 39.0 Å². The van der Waals surface area contributed by atoms with Gasteiger partial charge in [0, 0.05) is 44.2 Å². The van der Waals surface area contributed by atoms with Gasteiger partial charge >= 0.3 is 19.1 Å². The summed E-state index contributed by atoms with van der Waals surface area (Å²) in [6, 6.07) is 2.34. The van der Waals surface area contributed by atoms with Crippen molar-refractivity contribution >= 4 is 24.8 Å². The van der Waals surface area contributed by atoms with Gasteiger partial charge in [-0.25, -0.2) is 13.6 Å². The maximum Gasteiger partial charge on any atom is 0.471 e. The molecule has 0 aromatic heterocycles. The summed E-state index contributed by atoms with van der Waals surface area (Å²) in [6.07, 6.45) is 2.40. The number of carboxylic acid groups (broad SMARTS) is 1. The highest BCUT2D eigenvalue weighted by molar-refractivity contribution is 6.43. The van der Waals surface area contributed by atoms with Crippen LogP contribution in [0.5, 0.6) is 0 Å². The Morgan fingerprint density at radius 1 is 1.19 bits per heavy atom.